The van der Waals surface area contributed by atoms with Crippen molar-refractivity contribution in [2.45, 2.75) is 206 Å². The van der Waals surface area contributed by atoms with Gasteiger partial charge in [-0.05, 0) is 44.9 Å². The van der Waals surface area contributed by atoms with Crippen LogP contribution in [0.1, 0.15) is 200 Å². The van der Waals surface area contributed by atoms with Gasteiger partial charge in [-0.3, -0.25) is 18.6 Å². The number of phosphoric ester groups is 1. The van der Waals surface area contributed by atoms with Crippen molar-refractivity contribution in [1.82, 2.24) is 0 Å². The summed E-state index contributed by atoms with van der Waals surface area (Å²) in [6.45, 7) is 3.66. The van der Waals surface area contributed by atoms with Crippen molar-refractivity contribution in [2.24, 2.45) is 5.73 Å². The fourth-order valence-electron chi connectivity index (χ4n) is 5.89. The molecule has 0 saturated heterocycles. The largest absolute Gasteiger partial charge is 0.472 e. The first-order valence-electron chi connectivity index (χ1n) is 21.3. The first-order chi connectivity index (χ1) is 25.3. The third-order valence-corrected chi connectivity index (χ3v) is 10.1. The fraction of sp³-hybridized carbons (Fsp3) is 0.857. The molecule has 0 aliphatic carbocycles. The number of hydrogen-bond acceptors (Lipinski definition) is 8. The molecule has 9 nitrogen and oxygen atoms in total. The smallest absolute Gasteiger partial charge is 0.462 e. The number of carbonyl (C=O) groups excluding carboxylic acids is 2. The summed E-state index contributed by atoms with van der Waals surface area (Å²) in [7, 11) is -4.37. The number of ether oxygens (including phenoxy) is 2. The number of nitrogens with two attached hydrogens (primary N) is 1. The Morgan fingerprint density at radius 1 is 0.558 bits per heavy atom. The molecule has 1 unspecified atom stereocenters. The summed E-state index contributed by atoms with van der Waals surface area (Å²) in [5.74, 6) is -0.878. The lowest BCUT2D eigenvalue weighted by Gasteiger charge is -2.19. The quantitative estimate of drug-likeness (QED) is 0.0271. The molecule has 0 aliphatic rings. The molecule has 0 heterocycles. The fourth-order valence-corrected chi connectivity index (χ4v) is 6.66. The average molecular weight is 758 g/mol. The van der Waals surface area contributed by atoms with Crippen molar-refractivity contribution in [2.75, 3.05) is 26.4 Å². The number of rotatable bonds is 40. The number of phosphoric acid groups is 1. The molecule has 0 amide bonds. The van der Waals surface area contributed by atoms with Crippen LogP contribution in [0.4, 0.5) is 0 Å². The second kappa shape index (κ2) is 39.2. The molecule has 0 aromatic rings. The molecule has 0 aromatic heterocycles. The molecule has 0 rings (SSSR count). The van der Waals surface area contributed by atoms with Crippen LogP contribution in [0.2, 0.25) is 0 Å². The number of unbranched alkanes of at least 4 members (excludes halogenated alkanes) is 23. The van der Waals surface area contributed by atoms with Crippen LogP contribution in [-0.4, -0.2) is 49.3 Å². The molecule has 0 saturated carbocycles. The van der Waals surface area contributed by atoms with Gasteiger partial charge in [0.05, 0.1) is 13.2 Å². The van der Waals surface area contributed by atoms with E-state index < -0.39 is 32.5 Å². The van der Waals surface area contributed by atoms with Gasteiger partial charge >= 0.3 is 19.8 Å². The predicted octanol–water partition coefficient (Wildman–Crippen LogP) is 12.0. The maximum absolute atomic E-state index is 12.4. The van der Waals surface area contributed by atoms with Gasteiger partial charge in [-0.1, -0.05) is 167 Å². The van der Waals surface area contributed by atoms with Gasteiger partial charge in [0.1, 0.15) is 6.61 Å². The van der Waals surface area contributed by atoms with Crippen LogP contribution < -0.4 is 5.73 Å². The maximum atomic E-state index is 12.4. The first-order valence-corrected chi connectivity index (χ1v) is 22.8. The number of esters is 2. The average Bonchev–Trinajstić information content (AvgIpc) is 3.13. The van der Waals surface area contributed by atoms with E-state index in [4.69, 9.17) is 24.3 Å². The number of allylic oxidation sites excluding steroid dienone is 4. The second-order valence-electron chi connectivity index (χ2n) is 14.2. The zero-order chi connectivity index (χ0) is 38.2. The lowest BCUT2D eigenvalue weighted by molar-refractivity contribution is -0.161. The van der Waals surface area contributed by atoms with Crippen molar-refractivity contribution in [3.8, 4) is 0 Å². The molecule has 0 aliphatic heterocycles. The van der Waals surface area contributed by atoms with Crippen LogP contribution in [0.15, 0.2) is 24.3 Å². The van der Waals surface area contributed by atoms with Gasteiger partial charge in [-0.2, -0.15) is 0 Å². The maximum Gasteiger partial charge on any atom is 0.472 e. The molecule has 0 fully saturated rings. The Morgan fingerprint density at radius 2 is 0.981 bits per heavy atom. The Morgan fingerprint density at radius 3 is 1.48 bits per heavy atom. The zero-order valence-electron chi connectivity index (χ0n) is 33.6. The molecular weight excluding hydrogens is 677 g/mol. The van der Waals surface area contributed by atoms with Crippen LogP contribution in [0.5, 0.6) is 0 Å². The molecule has 0 radical (unpaired) electrons. The molecule has 52 heavy (non-hydrogen) atoms. The van der Waals surface area contributed by atoms with Crippen LogP contribution in [0.3, 0.4) is 0 Å². The van der Waals surface area contributed by atoms with Gasteiger partial charge in [-0.25, -0.2) is 4.57 Å². The Balaban J connectivity index is 4.04. The first kappa shape index (κ1) is 50.5. The summed E-state index contributed by atoms with van der Waals surface area (Å²) in [6.07, 6.45) is 41.1. The van der Waals surface area contributed by atoms with E-state index in [-0.39, 0.29) is 32.6 Å². The standard InChI is InChI=1S/C42H80NO8P/c1-3-5-7-9-11-13-14-15-16-17-18-19-20-21-22-23-24-25-26-27-29-30-32-34-41(44)48-38-40(39-50-52(46,47)49-37-36-43)51-42(45)35-33-31-28-12-10-8-6-4-2/h23-24,27,29,40H,3-22,25-26,28,30-39,43H2,1-2H3,(H,46,47)/b24-23+,29-27+/t40-/m0/s1. The summed E-state index contributed by atoms with van der Waals surface area (Å²) in [6, 6.07) is 0. The summed E-state index contributed by atoms with van der Waals surface area (Å²) < 4.78 is 32.6. The van der Waals surface area contributed by atoms with Crippen molar-refractivity contribution in [3.05, 3.63) is 24.3 Å². The molecule has 10 heteroatoms. The topological polar surface area (TPSA) is 134 Å². The lowest BCUT2D eigenvalue weighted by atomic mass is 10.0. The molecule has 0 bridgehead atoms. The van der Waals surface area contributed by atoms with Gasteiger partial charge < -0.3 is 20.1 Å². The highest BCUT2D eigenvalue weighted by atomic mass is 31.2. The Hall–Kier alpha value is -1.51. The minimum atomic E-state index is -4.37. The molecule has 0 spiro atoms. The third-order valence-electron chi connectivity index (χ3n) is 9.07. The van der Waals surface area contributed by atoms with Gasteiger partial charge in [0.2, 0.25) is 0 Å². The Labute approximate surface area is 319 Å². The number of hydrogen-bond donors (Lipinski definition) is 2. The Bertz CT molecular complexity index is 912. The third kappa shape index (κ3) is 38.2. The number of carbonyl (C=O) groups is 2. The van der Waals surface area contributed by atoms with E-state index in [1.807, 2.05) is 0 Å². The summed E-state index contributed by atoms with van der Waals surface area (Å²) in [5, 5.41) is 0. The molecule has 306 valence electrons. The van der Waals surface area contributed by atoms with E-state index >= 15 is 0 Å². The summed E-state index contributed by atoms with van der Waals surface area (Å²) in [4.78, 5) is 34.6. The summed E-state index contributed by atoms with van der Waals surface area (Å²) in [5.41, 5.74) is 5.32. The highest BCUT2D eigenvalue weighted by Gasteiger charge is 2.25. The van der Waals surface area contributed by atoms with Gasteiger partial charge in [0.25, 0.3) is 0 Å². The minimum Gasteiger partial charge on any atom is -0.462 e. The van der Waals surface area contributed by atoms with E-state index in [1.165, 1.54) is 116 Å². The highest BCUT2D eigenvalue weighted by molar-refractivity contribution is 7.47. The van der Waals surface area contributed by atoms with Crippen molar-refractivity contribution in [3.63, 3.8) is 0 Å². The highest BCUT2D eigenvalue weighted by Crippen LogP contribution is 2.43. The lowest BCUT2D eigenvalue weighted by Crippen LogP contribution is -2.29. The Kier molecular flexibility index (Phi) is 38.1. The van der Waals surface area contributed by atoms with Crippen molar-refractivity contribution in [1.29, 1.82) is 0 Å². The van der Waals surface area contributed by atoms with E-state index in [0.717, 1.165) is 44.9 Å². The predicted molar refractivity (Wildman–Crippen MR) is 215 cm³/mol. The monoisotopic (exact) mass is 758 g/mol. The van der Waals surface area contributed by atoms with E-state index in [2.05, 4.69) is 38.2 Å². The van der Waals surface area contributed by atoms with Gasteiger partial charge in [-0.15, -0.1) is 0 Å². The molecule has 3 N–H and O–H groups in total. The minimum absolute atomic E-state index is 0.0500. The van der Waals surface area contributed by atoms with E-state index in [1.54, 1.807) is 0 Å². The van der Waals surface area contributed by atoms with E-state index in [0.29, 0.717) is 12.8 Å². The molecule has 0 aromatic carbocycles. The van der Waals surface area contributed by atoms with Crippen LogP contribution in [-0.2, 0) is 32.7 Å². The van der Waals surface area contributed by atoms with Crippen molar-refractivity contribution >= 4 is 19.8 Å². The zero-order valence-corrected chi connectivity index (χ0v) is 34.4. The van der Waals surface area contributed by atoms with Gasteiger partial charge in [0.15, 0.2) is 6.10 Å². The normalized spacial score (nSPS) is 13.5. The van der Waals surface area contributed by atoms with Crippen LogP contribution >= 0.6 is 7.82 Å². The van der Waals surface area contributed by atoms with Gasteiger partial charge in [0, 0.05) is 19.4 Å². The molecular formula is C42H80NO8P. The van der Waals surface area contributed by atoms with Crippen molar-refractivity contribution < 1.29 is 37.6 Å². The van der Waals surface area contributed by atoms with Crippen LogP contribution in [0.25, 0.3) is 0 Å². The second-order valence-corrected chi connectivity index (χ2v) is 15.7. The molecule has 2 atom stereocenters. The van der Waals surface area contributed by atoms with Crippen LogP contribution in [0, 0.1) is 0 Å². The van der Waals surface area contributed by atoms with E-state index in [9.17, 15) is 19.0 Å². The SMILES string of the molecule is CCCCCCCCCCCCCCCC/C=C/CC/C=C/CCCC(=O)OC[C@@H](COP(=O)(O)OCCN)OC(=O)CCCCCCCCCC. The summed E-state index contributed by atoms with van der Waals surface area (Å²) >= 11 is 0.